The van der Waals surface area contributed by atoms with Crippen LogP contribution >= 0.6 is 12.2 Å². The van der Waals surface area contributed by atoms with Gasteiger partial charge in [-0.25, -0.2) is 0 Å². The van der Waals surface area contributed by atoms with E-state index in [1.54, 1.807) is 0 Å². The van der Waals surface area contributed by atoms with E-state index < -0.39 is 11.7 Å². The van der Waals surface area contributed by atoms with E-state index in [0.717, 1.165) is 49.8 Å². The molecule has 1 heterocycles. The number of hydrogen-bond donors (Lipinski definition) is 2. The maximum Gasteiger partial charge on any atom is 0.416 e. The van der Waals surface area contributed by atoms with Gasteiger partial charge in [-0.15, -0.1) is 0 Å². The van der Waals surface area contributed by atoms with Crippen LogP contribution in [0.4, 0.5) is 30.2 Å². The van der Waals surface area contributed by atoms with Gasteiger partial charge in [-0.2, -0.15) is 13.2 Å². The molecule has 0 amide bonds. The zero-order valence-corrected chi connectivity index (χ0v) is 14.7. The predicted molar refractivity (Wildman–Crippen MR) is 101 cm³/mol. The Bertz CT molecular complexity index is 742. The second kappa shape index (κ2) is 7.92. The molecule has 0 bridgehead atoms. The van der Waals surface area contributed by atoms with Gasteiger partial charge in [0, 0.05) is 30.2 Å². The molecule has 1 aliphatic heterocycles. The highest BCUT2D eigenvalue weighted by atomic mass is 32.1. The van der Waals surface area contributed by atoms with E-state index >= 15 is 0 Å². The van der Waals surface area contributed by atoms with Gasteiger partial charge in [0.1, 0.15) is 0 Å². The average Bonchev–Trinajstić information content (AvgIpc) is 2.63. The van der Waals surface area contributed by atoms with E-state index in [1.807, 2.05) is 24.3 Å². The molecule has 4 nitrogen and oxygen atoms in total. The molecule has 0 radical (unpaired) electrons. The van der Waals surface area contributed by atoms with Crippen molar-refractivity contribution in [1.29, 1.82) is 0 Å². The van der Waals surface area contributed by atoms with Crippen molar-refractivity contribution < 1.29 is 17.9 Å². The van der Waals surface area contributed by atoms with Crippen molar-refractivity contribution in [1.82, 2.24) is 0 Å². The lowest BCUT2D eigenvalue weighted by Crippen LogP contribution is -2.36. The third kappa shape index (κ3) is 4.86. The number of ether oxygens (including phenoxy) is 1. The molecule has 1 fully saturated rings. The molecule has 0 aromatic heterocycles. The second-order valence-corrected chi connectivity index (χ2v) is 6.21. The summed E-state index contributed by atoms with van der Waals surface area (Å²) in [6.45, 7) is 3.17. The summed E-state index contributed by atoms with van der Waals surface area (Å²) < 4.78 is 43.0. The zero-order chi connectivity index (χ0) is 18.6. The summed E-state index contributed by atoms with van der Waals surface area (Å²) in [5.74, 6) is 0. The summed E-state index contributed by atoms with van der Waals surface area (Å²) in [7, 11) is 0. The van der Waals surface area contributed by atoms with Gasteiger partial charge in [0.2, 0.25) is 0 Å². The number of halogens is 3. The van der Waals surface area contributed by atoms with Gasteiger partial charge in [0.05, 0.1) is 18.8 Å². The highest BCUT2D eigenvalue weighted by molar-refractivity contribution is 7.80. The smallest absolute Gasteiger partial charge is 0.378 e. The fraction of sp³-hybridized carbons (Fsp3) is 0.278. The minimum atomic E-state index is -4.35. The van der Waals surface area contributed by atoms with E-state index in [-0.39, 0.29) is 0 Å². The number of thiocarbonyl (C=S) groups is 1. The van der Waals surface area contributed by atoms with E-state index in [2.05, 4.69) is 15.5 Å². The Morgan fingerprint density at radius 3 is 1.88 bits per heavy atom. The Labute approximate surface area is 155 Å². The molecule has 2 aromatic rings. The first-order valence-corrected chi connectivity index (χ1v) is 8.51. The van der Waals surface area contributed by atoms with Crippen LogP contribution in [-0.4, -0.2) is 31.4 Å². The lowest BCUT2D eigenvalue weighted by Gasteiger charge is -2.29. The SMILES string of the molecule is FC(F)(F)c1ccc(NC(=S)Nc2ccc(N3CCOCC3)cc2)cc1. The molecule has 0 unspecified atom stereocenters. The molecule has 1 aliphatic rings. The van der Waals surface area contributed by atoms with E-state index in [4.69, 9.17) is 17.0 Å². The Morgan fingerprint density at radius 2 is 1.38 bits per heavy atom. The van der Waals surface area contributed by atoms with Crippen LogP contribution in [0.15, 0.2) is 48.5 Å². The fourth-order valence-electron chi connectivity index (χ4n) is 2.61. The van der Waals surface area contributed by atoms with Gasteiger partial charge >= 0.3 is 6.18 Å². The molecule has 2 N–H and O–H groups in total. The van der Waals surface area contributed by atoms with Gasteiger partial charge < -0.3 is 20.3 Å². The number of morpholine rings is 1. The van der Waals surface area contributed by atoms with Crippen LogP contribution in [0.5, 0.6) is 0 Å². The van der Waals surface area contributed by atoms with E-state index in [9.17, 15) is 13.2 Å². The molecule has 0 spiro atoms. The Morgan fingerprint density at radius 1 is 0.885 bits per heavy atom. The Hall–Kier alpha value is -2.32. The van der Waals surface area contributed by atoms with Crippen molar-refractivity contribution in [2.45, 2.75) is 6.18 Å². The van der Waals surface area contributed by atoms with Gasteiger partial charge in [-0.05, 0) is 60.7 Å². The Balaban J connectivity index is 1.56. The molecule has 0 saturated carbocycles. The predicted octanol–water partition coefficient (Wildman–Crippen LogP) is 4.35. The van der Waals surface area contributed by atoms with Crippen LogP contribution < -0.4 is 15.5 Å². The number of nitrogens with one attached hydrogen (secondary N) is 2. The number of hydrogen-bond acceptors (Lipinski definition) is 3. The average molecular weight is 381 g/mol. The number of anilines is 3. The van der Waals surface area contributed by atoms with Crippen LogP contribution in [0.25, 0.3) is 0 Å². The van der Waals surface area contributed by atoms with Gasteiger partial charge in [-0.1, -0.05) is 0 Å². The van der Waals surface area contributed by atoms with E-state index in [1.165, 1.54) is 12.1 Å². The first-order chi connectivity index (χ1) is 12.4. The summed E-state index contributed by atoms with van der Waals surface area (Å²) >= 11 is 5.21. The fourth-order valence-corrected chi connectivity index (χ4v) is 2.85. The van der Waals surface area contributed by atoms with E-state index in [0.29, 0.717) is 10.8 Å². The summed E-state index contributed by atoms with van der Waals surface area (Å²) in [4.78, 5) is 2.24. The quantitative estimate of drug-likeness (QED) is 0.773. The summed E-state index contributed by atoms with van der Waals surface area (Å²) in [6, 6.07) is 12.5. The number of benzene rings is 2. The monoisotopic (exact) mass is 381 g/mol. The molecule has 138 valence electrons. The van der Waals surface area contributed by atoms with Crippen molar-refractivity contribution in [3.8, 4) is 0 Å². The minimum absolute atomic E-state index is 0.309. The van der Waals surface area contributed by atoms with Gasteiger partial charge in [0.15, 0.2) is 5.11 Å². The Kier molecular flexibility index (Phi) is 5.63. The lowest BCUT2D eigenvalue weighted by atomic mass is 10.2. The molecule has 0 aliphatic carbocycles. The van der Waals surface area contributed by atoms with Crippen LogP contribution in [0.2, 0.25) is 0 Å². The molecule has 2 aromatic carbocycles. The maximum absolute atomic E-state index is 12.6. The van der Waals surface area contributed by atoms with Crippen molar-refractivity contribution >= 4 is 34.4 Å². The highest BCUT2D eigenvalue weighted by Gasteiger charge is 2.29. The lowest BCUT2D eigenvalue weighted by molar-refractivity contribution is -0.137. The largest absolute Gasteiger partial charge is 0.416 e. The van der Waals surface area contributed by atoms with Crippen molar-refractivity contribution in [2.24, 2.45) is 0 Å². The molecular weight excluding hydrogens is 363 g/mol. The first kappa shape index (κ1) is 18.5. The van der Waals surface area contributed by atoms with Gasteiger partial charge in [0.25, 0.3) is 0 Å². The molecule has 3 rings (SSSR count). The number of nitrogens with zero attached hydrogens (tertiary/aromatic N) is 1. The summed E-state index contributed by atoms with van der Waals surface area (Å²) in [5, 5.41) is 6.20. The molecule has 0 atom stereocenters. The summed E-state index contributed by atoms with van der Waals surface area (Å²) in [6.07, 6.45) is -4.35. The van der Waals surface area contributed by atoms with Crippen LogP contribution in [0.1, 0.15) is 5.56 Å². The maximum atomic E-state index is 12.6. The second-order valence-electron chi connectivity index (χ2n) is 5.80. The summed E-state index contributed by atoms with van der Waals surface area (Å²) in [5.41, 5.74) is 1.70. The molecule has 8 heteroatoms. The van der Waals surface area contributed by atoms with Crippen molar-refractivity contribution in [3.63, 3.8) is 0 Å². The van der Waals surface area contributed by atoms with Crippen LogP contribution in [0.3, 0.4) is 0 Å². The number of rotatable bonds is 3. The molecular formula is C18H18F3N3OS. The van der Waals surface area contributed by atoms with Crippen molar-refractivity contribution in [3.05, 3.63) is 54.1 Å². The van der Waals surface area contributed by atoms with Crippen LogP contribution in [-0.2, 0) is 10.9 Å². The molecule has 1 saturated heterocycles. The highest BCUT2D eigenvalue weighted by Crippen LogP contribution is 2.29. The molecule has 26 heavy (non-hydrogen) atoms. The third-order valence-electron chi connectivity index (χ3n) is 3.97. The van der Waals surface area contributed by atoms with Crippen LogP contribution in [0, 0.1) is 0 Å². The minimum Gasteiger partial charge on any atom is -0.378 e. The standard InChI is InChI=1S/C18H18F3N3OS/c19-18(20,21)13-1-3-14(4-2-13)22-17(26)23-15-5-7-16(8-6-15)24-9-11-25-12-10-24/h1-8H,9-12H2,(H2,22,23,26). The normalized spacial score (nSPS) is 14.8. The van der Waals surface area contributed by atoms with Gasteiger partial charge in [-0.3, -0.25) is 0 Å². The topological polar surface area (TPSA) is 36.5 Å². The zero-order valence-electron chi connectivity index (χ0n) is 13.8. The van der Waals surface area contributed by atoms with Crippen molar-refractivity contribution in [2.75, 3.05) is 41.8 Å². The third-order valence-corrected chi connectivity index (χ3v) is 4.18. The first-order valence-electron chi connectivity index (χ1n) is 8.10. The number of alkyl halides is 3.